The molecule has 0 radical (unpaired) electrons. The third kappa shape index (κ3) is 5.64. The van der Waals surface area contributed by atoms with Crippen LogP contribution in [0.1, 0.15) is 11.1 Å². The Morgan fingerprint density at radius 1 is 0.750 bits per heavy atom. The molecule has 1 atom stereocenters. The number of halogens is 2. The van der Waals surface area contributed by atoms with E-state index in [9.17, 15) is 4.57 Å². The van der Waals surface area contributed by atoms with Gasteiger partial charge < -0.3 is 5.09 Å². The Hall–Kier alpha value is -3.14. The average molecular weight is 547 g/mol. The third-order valence-electron chi connectivity index (χ3n) is 5.55. The van der Waals surface area contributed by atoms with Gasteiger partial charge in [-0.3, -0.25) is 4.57 Å². The van der Waals surface area contributed by atoms with E-state index < -0.39 is 7.29 Å². The van der Waals surface area contributed by atoms with Crippen LogP contribution in [0.25, 0.3) is 32.1 Å². The van der Waals surface area contributed by atoms with E-state index in [2.05, 4.69) is 23.3 Å². The summed E-state index contributed by atoms with van der Waals surface area (Å²) in [6.45, 7) is 0. The van der Waals surface area contributed by atoms with E-state index in [1.54, 1.807) is 0 Å². The average Bonchev–Trinajstić information content (AvgIpc) is 3.36. The first-order valence-corrected chi connectivity index (χ1v) is 14.7. The van der Waals surface area contributed by atoms with E-state index in [1.165, 1.54) is 23.0 Å². The molecular formula is C29H21Cl2N2OPS. The quantitative estimate of drug-likeness (QED) is 0.206. The summed E-state index contributed by atoms with van der Waals surface area (Å²) in [7, 11) is -3.40. The predicted molar refractivity (Wildman–Crippen MR) is 157 cm³/mol. The highest BCUT2D eigenvalue weighted by Gasteiger charge is 2.21. The standard InChI is InChI=1S/C29H21Cl2N2OPS/c30-26(22-11-3-1-4-12-22)18-35(34,19-27(31)23-13-5-2-6-14-23)33-29-32-28(20-36-29)25-17-9-15-21-10-7-8-16-24(21)25/h1-20H,(H,32,33,34)/b26-18-,27-19+. The normalized spacial score (nSPS) is 13.9. The maximum atomic E-state index is 14.2. The molecule has 7 heteroatoms. The van der Waals surface area contributed by atoms with Crippen molar-refractivity contribution < 1.29 is 4.57 Å². The highest BCUT2D eigenvalue weighted by atomic mass is 35.5. The Kier molecular flexibility index (Phi) is 7.41. The molecule has 0 aliphatic rings. The minimum atomic E-state index is -3.40. The van der Waals surface area contributed by atoms with Gasteiger partial charge in [0.1, 0.15) is 0 Å². The van der Waals surface area contributed by atoms with Gasteiger partial charge in [0, 0.05) is 22.6 Å². The van der Waals surface area contributed by atoms with Crippen LogP contribution in [-0.2, 0) is 4.57 Å². The van der Waals surface area contributed by atoms with E-state index in [1.807, 2.05) is 90.3 Å². The van der Waals surface area contributed by atoms with Crippen LogP contribution in [0.2, 0.25) is 0 Å². The largest absolute Gasteiger partial charge is 0.306 e. The number of benzene rings is 4. The van der Waals surface area contributed by atoms with Crippen LogP contribution in [0, 0.1) is 0 Å². The molecule has 5 rings (SSSR count). The second-order valence-electron chi connectivity index (χ2n) is 8.07. The smallest absolute Gasteiger partial charge is 0.217 e. The van der Waals surface area contributed by atoms with Gasteiger partial charge in [-0.2, -0.15) is 0 Å². The number of hydrogen-bond donors (Lipinski definition) is 1. The predicted octanol–water partition coefficient (Wildman–Crippen LogP) is 10.1. The summed E-state index contributed by atoms with van der Waals surface area (Å²) in [6.07, 6.45) is 0. The maximum absolute atomic E-state index is 14.2. The first-order valence-electron chi connectivity index (χ1n) is 11.2. The molecule has 0 aliphatic carbocycles. The summed E-state index contributed by atoms with van der Waals surface area (Å²) in [5, 5.41) is 8.59. The summed E-state index contributed by atoms with van der Waals surface area (Å²) in [4.78, 5) is 4.77. The number of rotatable bonds is 7. The van der Waals surface area contributed by atoms with Crippen molar-refractivity contribution in [3.8, 4) is 11.3 Å². The third-order valence-corrected chi connectivity index (χ3v) is 9.26. The van der Waals surface area contributed by atoms with Gasteiger partial charge in [-0.15, -0.1) is 11.3 Å². The fourth-order valence-electron chi connectivity index (χ4n) is 3.83. The van der Waals surface area contributed by atoms with Crippen molar-refractivity contribution in [1.29, 1.82) is 0 Å². The molecule has 178 valence electrons. The minimum absolute atomic E-state index is 0.367. The van der Waals surface area contributed by atoms with Crippen LogP contribution in [0.4, 0.5) is 5.13 Å². The fourth-order valence-corrected chi connectivity index (χ4v) is 7.67. The van der Waals surface area contributed by atoms with Gasteiger partial charge in [-0.25, -0.2) is 4.98 Å². The Labute approximate surface area is 224 Å². The van der Waals surface area contributed by atoms with Crippen molar-refractivity contribution in [1.82, 2.24) is 4.98 Å². The fraction of sp³-hybridized carbons (Fsp3) is 0. The lowest BCUT2D eigenvalue weighted by molar-refractivity contribution is 0.589. The summed E-state index contributed by atoms with van der Waals surface area (Å²) in [5.74, 6) is 3.07. The summed E-state index contributed by atoms with van der Waals surface area (Å²) >= 11 is 14.6. The molecule has 0 bridgehead atoms. The van der Waals surface area contributed by atoms with Gasteiger partial charge in [0.05, 0.1) is 15.8 Å². The van der Waals surface area contributed by atoms with Crippen LogP contribution in [0.5, 0.6) is 0 Å². The van der Waals surface area contributed by atoms with Crippen molar-refractivity contribution in [3.05, 3.63) is 131 Å². The highest BCUT2D eigenvalue weighted by Crippen LogP contribution is 2.54. The maximum Gasteiger partial charge on any atom is 0.217 e. The molecule has 0 amide bonds. The zero-order valence-corrected chi connectivity index (χ0v) is 22.2. The zero-order chi connectivity index (χ0) is 25.0. The number of nitrogens with zero attached hydrogens (tertiary/aromatic N) is 1. The molecule has 5 aromatic rings. The van der Waals surface area contributed by atoms with Crippen LogP contribution in [0.15, 0.2) is 120 Å². The van der Waals surface area contributed by atoms with Gasteiger partial charge in [0.25, 0.3) is 0 Å². The van der Waals surface area contributed by atoms with Crippen LogP contribution in [-0.4, -0.2) is 4.98 Å². The molecule has 0 fully saturated rings. The molecular weight excluding hydrogens is 526 g/mol. The van der Waals surface area contributed by atoms with E-state index in [0.717, 1.165) is 33.2 Å². The summed E-state index contributed by atoms with van der Waals surface area (Å²) < 4.78 is 14.2. The lowest BCUT2D eigenvalue weighted by Gasteiger charge is -2.14. The molecule has 0 aliphatic heterocycles. The Morgan fingerprint density at radius 3 is 1.94 bits per heavy atom. The summed E-state index contributed by atoms with van der Waals surface area (Å²) in [5.41, 5.74) is 3.35. The van der Waals surface area contributed by atoms with Gasteiger partial charge in [-0.05, 0) is 21.9 Å². The van der Waals surface area contributed by atoms with E-state index in [0.29, 0.717) is 15.2 Å². The van der Waals surface area contributed by atoms with Crippen molar-refractivity contribution in [2.24, 2.45) is 0 Å². The van der Waals surface area contributed by atoms with Crippen LogP contribution < -0.4 is 5.09 Å². The monoisotopic (exact) mass is 546 g/mol. The van der Waals surface area contributed by atoms with E-state index in [4.69, 9.17) is 28.2 Å². The topological polar surface area (TPSA) is 42.0 Å². The first kappa shape index (κ1) is 24.5. The molecule has 1 unspecified atom stereocenters. The zero-order valence-electron chi connectivity index (χ0n) is 19.0. The lowest BCUT2D eigenvalue weighted by Crippen LogP contribution is -1.94. The molecule has 1 aromatic heterocycles. The molecule has 0 saturated carbocycles. The number of hydrogen-bond acceptors (Lipinski definition) is 3. The molecule has 1 N–H and O–H groups in total. The van der Waals surface area contributed by atoms with Crippen molar-refractivity contribution >= 4 is 67.8 Å². The summed E-state index contributed by atoms with van der Waals surface area (Å²) in [6, 6.07) is 33.1. The highest BCUT2D eigenvalue weighted by molar-refractivity contribution is 7.72. The number of fused-ring (bicyclic) bond motifs is 1. The van der Waals surface area contributed by atoms with Crippen molar-refractivity contribution in [2.75, 3.05) is 5.09 Å². The van der Waals surface area contributed by atoms with Gasteiger partial charge >= 0.3 is 0 Å². The number of aromatic nitrogens is 1. The number of anilines is 1. The molecule has 1 heterocycles. The Balaban J connectivity index is 1.53. The molecule has 0 saturated heterocycles. The van der Waals surface area contributed by atoms with Gasteiger partial charge in [-0.1, -0.05) is 126 Å². The SMILES string of the molecule is O=P(/C=C(\Cl)c1ccccc1)(/C=C(/Cl)c1ccccc1)Nc1nc(-c2cccc3ccccc23)cs1. The molecule has 3 nitrogen and oxygen atoms in total. The molecule has 4 aromatic carbocycles. The first-order chi connectivity index (χ1) is 17.5. The van der Waals surface area contributed by atoms with Crippen LogP contribution >= 0.6 is 41.8 Å². The lowest BCUT2D eigenvalue weighted by atomic mass is 10.0. The molecule has 0 spiro atoms. The number of nitrogens with one attached hydrogen (secondary N) is 1. The number of thiazole rings is 1. The Morgan fingerprint density at radius 2 is 1.31 bits per heavy atom. The van der Waals surface area contributed by atoms with Crippen molar-refractivity contribution in [3.63, 3.8) is 0 Å². The van der Waals surface area contributed by atoms with Crippen LogP contribution in [0.3, 0.4) is 0 Å². The molecule has 36 heavy (non-hydrogen) atoms. The van der Waals surface area contributed by atoms with Crippen molar-refractivity contribution in [2.45, 2.75) is 0 Å². The van der Waals surface area contributed by atoms with E-state index in [-0.39, 0.29) is 0 Å². The van der Waals surface area contributed by atoms with E-state index >= 15 is 0 Å². The van der Waals surface area contributed by atoms with Gasteiger partial charge in [0.15, 0.2) is 5.13 Å². The Bertz CT molecular complexity index is 1550. The second-order valence-corrected chi connectivity index (χ2v) is 11.9. The minimum Gasteiger partial charge on any atom is -0.306 e. The van der Waals surface area contributed by atoms with Gasteiger partial charge in [0.2, 0.25) is 7.29 Å². The second kappa shape index (κ2) is 10.9.